The van der Waals surface area contributed by atoms with Crippen LogP contribution in [0.15, 0.2) is 374 Å². The van der Waals surface area contributed by atoms with Crippen molar-refractivity contribution in [1.29, 1.82) is 0 Å². The maximum atomic E-state index is 6.83. The minimum Gasteiger partial charge on any atom is -0.422 e. The second kappa shape index (κ2) is 23.4. The molecule has 4 aromatic heterocycles. The number of nitrogens with zero attached hydrogens (tertiary/aromatic N) is 5. The van der Waals surface area contributed by atoms with Gasteiger partial charge in [-0.1, -0.05) is 334 Å². The van der Waals surface area contributed by atoms with Gasteiger partial charge in [-0.2, -0.15) is 10.1 Å². The second-order valence-corrected chi connectivity index (χ2v) is 30.5. The van der Waals surface area contributed by atoms with E-state index in [1.807, 2.05) is 36.4 Å². The minimum absolute atomic E-state index is 0.208. The lowest BCUT2D eigenvalue weighted by Gasteiger charge is -2.34. The molecule has 0 saturated carbocycles. The molecule has 0 fully saturated rings. The standard InChI is InChI=1S/C67H38N2.C39H25N3O/c1-5-37-13-17-45-24-30-50(49-29-21-41(9-1)57(37)61(45)49)65-66(53-33-25-46-18-14-38-6-2-10-42-22-31-51(53)62(46)58(38)42)68-69(56-36-28-48-20-16-40-8-4-12-44-27-35-55(56)64(48)60(40)44)67(65)54-34-26-47-19-15-39-7-3-11-43-23-32-52(54)63(47)59(39)43;1-4-14-26(15-5-1)35-38(27-16-6-2-7-17-27)43-39(40-35)42-34-23-13-11-21-30(34)32-25-24-31-29-20-10-12-22-33(29)41(36(31)37(32)42)28-18-8-3-9-19-28/h1-31,33-36,59H,32H2;1-25H. The van der Waals surface area contributed by atoms with Crippen molar-refractivity contribution in [2.75, 3.05) is 0 Å². The first-order chi connectivity index (χ1) is 55.6. The maximum absolute atomic E-state index is 6.83. The minimum atomic E-state index is 0.208. The number of allylic oxidation sites excluding steroid dienone is 7. The third kappa shape index (κ3) is 8.68. The Hall–Kier alpha value is -14.7. The molecular weight excluding hydrogens is 1360 g/mol. The summed E-state index contributed by atoms with van der Waals surface area (Å²) < 4.78 is 13.8. The molecule has 19 aromatic carbocycles. The van der Waals surface area contributed by atoms with Gasteiger partial charge in [-0.25, -0.2) is 4.68 Å². The Balaban J connectivity index is 0.000000142. The van der Waals surface area contributed by atoms with E-state index in [1.165, 1.54) is 147 Å². The molecule has 23 aromatic rings. The second-order valence-electron chi connectivity index (χ2n) is 30.5. The maximum Gasteiger partial charge on any atom is 0.307 e. The molecule has 3 aliphatic rings. The van der Waals surface area contributed by atoms with E-state index in [2.05, 4.69) is 341 Å². The van der Waals surface area contributed by atoms with Crippen LogP contribution in [-0.2, 0) is 6.42 Å². The molecule has 518 valence electrons. The van der Waals surface area contributed by atoms with E-state index in [0.717, 1.165) is 95.7 Å². The first-order valence-corrected chi connectivity index (χ1v) is 38.8. The highest BCUT2D eigenvalue weighted by atomic mass is 16.4. The molecule has 1 unspecified atom stereocenters. The smallest absolute Gasteiger partial charge is 0.307 e. The first-order valence-electron chi connectivity index (χ1n) is 38.8. The summed E-state index contributed by atoms with van der Waals surface area (Å²) in [6.45, 7) is 0. The highest BCUT2D eigenvalue weighted by Gasteiger charge is 2.36. The Morgan fingerprint density at radius 2 is 0.821 bits per heavy atom. The molecule has 0 bridgehead atoms. The molecule has 1 atom stereocenters. The van der Waals surface area contributed by atoms with E-state index in [0.29, 0.717) is 6.01 Å². The van der Waals surface area contributed by atoms with Crippen LogP contribution in [0.3, 0.4) is 0 Å². The lowest BCUT2D eigenvalue weighted by molar-refractivity contribution is 0.548. The Labute approximate surface area is 642 Å². The Bertz CT molecular complexity index is 7970. The van der Waals surface area contributed by atoms with Crippen LogP contribution in [0, 0.1) is 0 Å². The zero-order valence-corrected chi connectivity index (χ0v) is 60.6. The van der Waals surface area contributed by atoms with E-state index in [9.17, 15) is 0 Å². The topological polar surface area (TPSA) is 53.7 Å². The number of rotatable bonds is 8. The zero-order chi connectivity index (χ0) is 73.0. The monoisotopic (exact) mass is 1420 g/mol. The lowest BCUT2D eigenvalue weighted by Crippen LogP contribution is -2.18. The van der Waals surface area contributed by atoms with E-state index >= 15 is 0 Å². The van der Waals surface area contributed by atoms with Gasteiger partial charge < -0.3 is 8.98 Å². The van der Waals surface area contributed by atoms with Gasteiger partial charge in [0.1, 0.15) is 11.4 Å². The lowest BCUT2D eigenvalue weighted by atomic mass is 9.70. The van der Waals surface area contributed by atoms with Crippen molar-refractivity contribution in [3.63, 3.8) is 0 Å². The summed E-state index contributed by atoms with van der Waals surface area (Å²) in [5.74, 6) is 0.961. The summed E-state index contributed by atoms with van der Waals surface area (Å²) >= 11 is 0. The quantitative estimate of drug-likeness (QED) is 0.143. The third-order valence-corrected chi connectivity index (χ3v) is 24.8. The molecule has 0 radical (unpaired) electrons. The molecule has 26 rings (SSSR count). The van der Waals surface area contributed by atoms with Gasteiger partial charge in [-0.05, 0) is 162 Å². The molecule has 6 nitrogen and oxygen atoms in total. The van der Waals surface area contributed by atoms with Crippen LogP contribution in [0.25, 0.3) is 220 Å². The highest BCUT2D eigenvalue weighted by molar-refractivity contribution is 6.30. The van der Waals surface area contributed by atoms with Gasteiger partial charge in [-0.15, -0.1) is 0 Å². The summed E-state index contributed by atoms with van der Waals surface area (Å²) in [6.07, 6.45) is 14.8. The van der Waals surface area contributed by atoms with Crippen LogP contribution in [0.5, 0.6) is 0 Å². The molecule has 112 heavy (non-hydrogen) atoms. The fourth-order valence-electron chi connectivity index (χ4n) is 20.0. The number of hydrogen-bond donors (Lipinski definition) is 0. The molecule has 0 amide bonds. The Kier molecular flexibility index (Phi) is 12.8. The predicted molar refractivity (Wildman–Crippen MR) is 468 cm³/mol. The van der Waals surface area contributed by atoms with Crippen LogP contribution >= 0.6 is 0 Å². The molecule has 0 spiro atoms. The van der Waals surface area contributed by atoms with Crippen molar-refractivity contribution in [3.05, 3.63) is 386 Å². The molecule has 3 aliphatic carbocycles. The fraction of sp³-hybridized carbons (Fsp3) is 0.0189. The third-order valence-electron chi connectivity index (χ3n) is 24.8. The number of para-hydroxylation sites is 3. The average molecular weight is 1420 g/mol. The number of hydrogen-bond acceptors (Lipinski definition) is 3. The van der Waals surface area contributed by atoms with Gasteiger partial charge in [0.15, 0.2) is 5.76 Å². The van der Waals surface area contributed by atoms with Gasteiger partial charge >= 0.3 is 6.01 Å². The van der Waals surface area contributed by atoms with Gasteiger partial charge in [0, 0.05) is 66.4 Å². The van der Waals surface area contributed by atoms with Crippen LogP contribution in [0.1, 0.15) is 22.6 Å². The summed E-state index contributed by atoms with van der Waals surface area (Å²) in [4.78, 5) is 5.25. The van der Waals surface area contributed by atoms with Crippen LogP contribution < -0.4 is 0 Å². The number of fused-ring (bicyclic) bond motifs is 7. The zero-order valence-electron chi connectivity index (χ0n) is 60.6. The Morgan fingerprint density at radius 3 is 1.45 bits per heavy atom. The predicted octanol–water partition coefficient (Wildman–Crippen LogP) is 27.9. The molecular formula is C106H63N5O. The molecule has 4 heterocycles. The highest BCUT2D eigenvalue weighted by Crippen LogP contribution is 2.55. The van der Waals surface area contributed by atoms with E-state index in [4.69, 9.17) is 14.5 Å². The molecule has 0 N–H and O–H groups in total. The van der Waals surface area contributed by atoms with Crippen LogP contribution in [0.4, 0.5) is 0 Å². The normalized spacial score (nSPS) is 14.0. The van der Waals surface area contributed by atoms with Crippen molar-refractivity contribution in [2.24, 2.45) is 0 Å². The molecule has 0 aliphatic heterocycles. The number of aromatic nitrogens is 5. The summed E-state index contributed by atoms with van der Waals surface area (Å²) in [5.41, 5.74) is 23.1. The molecule has 0 saturated heterocycles. The van der Waals surface area contributed by atoms with E-state index in [1.54, 1.807) is 0 Å². The van der Waals surface area contributed by atoms with E-state index < -0.39 is 0 Å². The SMILES string of the molecule is C1=CC2=CCc3c(-c4c(-c5ccc6ccc7cccc8ccc5c6c78)c(-c5ccc6ccc7cccc8ccc5c6c78)nn4-c4ccc5ccc6cccc7ccc4c5c67)ccc4c3C2C(=C1)C=C4.c1ccc(-c2nc(-n3c4ccccc4c4ccc5c6ccccc6n(-c6ccccc6)c5c43)oc2-c2ccccc2)cc1. The molecule has 6 heteroatoms. The van der Waals surface area contributed by atoms with Crippen molar-refractivity contribution >= 4 is 147 Å². The van der Waals surface area contributed by atoms with Crippen molar-refractivity contribution in [3.8, 4) is 73.6 Å². The van der Waals surface area contributed by atoms with Gasteiger partial charge in [0.05, 0.1) is 33.4 Å². The van der Waals surface area contributed by atoms with Crippen LogP contribution in [-0.4, -0.2) is 23.9 Å². The van der Waals surface area contributed by atoms with Crippen molar-refractivity contribution in [2.45, 2.75) is 12.3 Å². The van der Waals surface area contributed by atoms with E-state index in [-0.39, 0.29) is 5.92 Å². The van der Waals surface area contributed by atoms with Gasteiger partial charge in [0.2, 0.25) is 0 Å². The Morgan fingerprint density at radius 1 is 0.339 bits per heavy atom. The number of oxazole rings is 1. The van der Waals surface area contributed by atoms with Gasteiger partial charge in [0.25, 0.3) is 0 Å². The van der Waals surface area contributed by atoms with Gasteiger partial charge in [-0.3, -0.25) is 4.57 Å². The van der Waals surface area contributed by atoms with Crippen molar-refractivity contribution < 1.29 is 4.42 Å². The fourth-order valence-corrected chi connectivity index (χ4v) is 20.0. The first kappa shape index (κ1) is 61.3. The summed E-state index contributed by atoms with van der Waals surface area (Å²) in [5, 5.41) is 33.6. The van der Waals surface area contributed by atoms with Crippen molar-refractivity contribution in [1.82, 2.24) is 23.9 Å². The largest absolute Gasteiger partial charge is 0.422 e. The number of benzene rings is 19. The average Bonchev–Trinajstić information content (AvgIpc) is 1.45. The summed E-state index contributed by atoms with van der Waals surface area (Å²) in [6, 6.07) is 120. The summed E-state index contributed by atoms with van der Waals surface area (Å²) in [7, 11) is 0. The van der Waals surface area contributed by atoms with Crippen LogP contribution in [0.2, 0.25) is 0 Å².